The minimum Gasteiger partial charge on any atom is -0.382 e. The highest BCUT2D eigenvalue weighted by atomic mass is 19.4. The first-order valence-electron chi connectivity index (χ1n) is 8.24. The molecule has 2 N–H and O–H groups in total. The second-order valence-electron chi connectivity index (χ2n) is 6.52. The zero-order chi connectivity index (χ0) is 20.0. The van der Waals surface area contributed by atoms with Crippen LogP contribution in [0.5, 0.6) is 0 Å². The van der Waals surface area contributed by atoms with Gasteiger partial charge in [-0.15, -0.1) is 0 Å². The van der Waals surface area contributed by atoms with Gasteiger partial charge in [-0.3, -0.25) is 4.79 Å². The fraction of sp³-hybridized carbons (Fsp3) is 0.471. The lowest BCUT2D eigenvalue weighted by molar-refractivity contribution is -0.211. The van der Waals surface area contributed by atoms with Gasteiger partial charge in [0.25, 0.3) is 0 Å². The molecule has 27 heavy (non-hydrogen) atoms. The van der Waals surface area contributed by atoms with E-state index in [1.165, 1.54) is 17.0 Å². The molecule has 0 amide bonds. The lowest BCUT2D eigenvalue weighted by atomic mass is 9.95. The van der Waals surface area contributed by atoms with Crippen molar-refractivity contribution in [2.75, 3.05) is 11.4 Å². The highest BCUT2D eigenvalue weighted by Crippen LogP contribution is 2.37. The first kappa shape index (κ1) is 19.5. The Bertz CT molecular complexity index is 890. The van der Waals surface area contributed by atoms with E-state index < -0.39 is 35.6 Å². The first-order valence-corrected chi connectivity index (χ1v) is 8.24. The van der Waals surface area contributed by atoms with Gasteiger partial charge in [0.05, 0.1) is 11.6 Å². The Labute approximate surface area is 149 Å². The van der Waals surface area contributed by atoms with E-state index >= 15 is 0 Å². The molecule has 1 aliphatic heterocycles. The Morgan fingerprint density at radius 3 is 2.44 bits per heavy atom. The second-order valence-corrected chi connectivity index (χ2v) is 6.52. The number of aromatic nitrogens is 1. The predicted octanol–water partition coefficient (Wildman–Crippen LogP) is 3.83. The van der Waals surface area contributed by atoms with Crippen molar-refractivity contribution < 1.29 is 31.4 Å². The van der Waals surface area contributed by atoms with E-state index in [1.807, 2.05) is 0 Å². The number of hydrogen-bond donors (Lipinski definition) is 2. The van der Waals surface area contributed by atoms with Crippen molar-refractivity contribution in [3.8, 4) is 0 Å². The van der Waals surface area contributed by atoms with Gasteiger partial charge in [0.15, 0.2) is 6.10 Å². The monoisotopic (exact) mass is 394 g/mol. The maximum absolute atomic E-state index is 13.3. The van der Waals surface area contributed by atoms with Gasteiger partial charge in [0.2, 0.25) is 5.56 Å². The number of nitrogens with zero attached hydrogens (tertiary/aromatic N) is 1. The largest absolute Gasteiger partial charge is 0.417 e. The van der Waals surface area contributed by atoms with Gasteiger partial charge in [-0.1, -0.05) is 0 Å². The van der Waals surface area contributed by atoms with Gasteiger partial charge >= 0.3 is 12.4 Å². The molecule has 2 heterocycles. The molecule has 0 saturated carbocycles. The molecule has 0 aliphatic carbocycles. The average Bonchev–Trinajstić information content (AvgIpc) is 2.58. The lowest BCUT2D eigenvalue weighted by Gasteiger charge is -2.40. The van der Waals surface area contributed by atoms with Crippen LogP contribution in [0.25, 0.3) is 10.9 Å². The number of aliphatic hydroxyl groups is 1. The number of hydrogen-bond acceptors (Lipinski definition) is 3. The zero-order valence-electron chi connectivity index (χ0n) is 13.9. The second kappa shape index (κ2) is 6.74. The van der Waals surface area contributed by atoms with Crippen LogP contribution in [-0.2, 0) is 6.18 Å². The standard InChI is InChI=1S/C17H16F6N2O2/c18-16(19,20)11-8-14(26)24-12-5-4-9(7-10(11)12)25-6-2-1-3-13(25)15(27)17(21,22)23/h4-5,7-8,13,15,27H,1-3,6H2,(H,24,26)/t13-,15-/m0/s1. The number of anilines is 1. The van der Waals surface area contributed by atoms with Crippen LogP contribution < -0.4 is 10.5 Å². The fourth-order valence-corrected chi connectivity index (χ4v) is 3.48. The van der Waals surface area contributed by atoms with Crippen LogP contribution in [-0.4, -0.2) is 35.0 Å². The number of alkyl halides is 6. The van der Waals surface area contributed by atoms with Gasteiger partial charge in [-0.25, -0.2) is 0 Å². The molecule has 2 aromatic rings. The van der Waals surface area contributed by atoms with Crippen LogP contribution in [0.2, 0.25) is 0 Å². The summed E-state index contributed by atoms with van der Waals surface area (Å²) in [4.78, 5) is 15.0. The average molecular weight is 394 g/mol. The Hall–Kier alpha value is -2.23. The van der Waals surface area contributed by atoms with Crippen molar-refractivity contribution >= 4 is 16.6 Å². The van der Waals surface area contributed by atoms with Gasteiger partial charge in [-0.05, 0) is 37.5 Å². The zero-order valence-corrected chi connectivity index (χ0v) is 13.9. The first-order chi connectivity index (χ1) is 12.5. The van der Waals surface area contributed by atoms with E-state index in [0.717, 1.165) is 6.07 Å². The molecular formula is C17H16F6N2O2. The normalized spacial score (nSPS) is 20.1. The van der Waals surface area contributed by atoms with Crippen molar-refractivity contribution in [1.29, 1.82) is 0 Å². The Morgan fingerprint density at radius 1 is 1.11 bits per heavy atom. The summed E-state index contributed by atoms with van der Waals surface area (Å²) in [6.07, 6.45) is -11.1. The van der Waals surface area contributed by atoms with E-state index in [4.69, 9.17) is 0 Å². The van der Waals surface area contributed by atoms with Crippen LogP contribution in [0.15, 0.2) is 29.1 Å². The number of fused-ring (bicyclic) bond motifs is 1. The maximum Gasteiger partial charge on any atom is 0.417 e. The molecule has 148 valence electrons. The highest BCUT2D eigenvalue weighted by molar-refractivity contribution is 5.86. The summed E-state index contributed by atoms with van der Waals surface area (Å²) in [6.45, 7) is 0.175. The summed E-state index contributed by atoms with van der Waals surface area (Å²) in [7, 11) is 0. The summed E-state index contributed by atoms with van der Waals surface area (Å²) in [5.74, 6) is 0. The van der Waals surface area contributed by atoms with Gasteiger partial charge in [0.1, 0.15) is 0 Å². The fourth-order valence-electron chi connectivity index (χ4n) is 3.48. The van der Waals surface area contributed by atoms with Crippen molar-refractivity contribution in [3.63, 3.8) is 0 Å². The van der Waals surface area contributed by atoms with Gasteiger partial charge in [0, 0.05) is 29.2 Å². The molecular weight excluding hydrogens is 378 g/mol. The number of aliphatic hydroxyl groups excluding tert-OH is 1. The molecule has 1 aliphatic rings. The summed E-state index contributed by atoms with van der Waals surface area (Å²) in [6, 6.07) is 2.82. The van der Waals surface area contributed by atoms with E-state index in [9.17, 15) is 36.2 Å². The van der Waals surface area contributed by atoms with Crippen molar-refractivity contribution in [1.82, 2.24) is 4.98 Å². The Balaban J connectivity index is 2.10. The number of halogens is 6. The smallest absolute Gasteiger partial charge is 0.382 e. The molecule has 0 bridgehead atoms. The van der Waals surface area contributed by atoms with Crippen LogP contribution in [0.1, 0.15) is 24.8 Å². The van der Waals surface area contributed by atoms with Crippen LogP contribution in [0.3, 0.4) is 0 Å². The molecule has 0 radical (unpaired) electrons. The summed E-state index contributed by atoms with van der Waals surface area (Å²) >= 11 is 0. The minimum absolute atomic E-state index is 0.0659. The summed E-state index contributed by atoms with van der Waals surface area (Å²) < 4.78 is 78.8. The van der Waals surface area contributed by atoms with Crippen LogP contribution in [0.4, 0.5) is 32.0 Å². The molecule has 4 nitrogen and oxygen atoms in total. The van der Waals surface area contributed by atoms with E-state index in [0.29, 0.717) is 18.9 Å². The van der Waals surface area contributed by atoms with Crippen LogP contribution in [0, 0.1) is 0 Å². The van der Waals surface area contributed by atoms with Crippen molar-refractivity contribution in [2.24, 2.45) is 0 Å². The lowest BCUT2D eigenvalue weighted by Crippen LogP contribution is -2.52. The van der Waals surface area contributed by atoms with E-state index in [2.05, 4.69) is 4.98 Å². The highest BCUT2D eigenvalue weighted by Gasteiger charge is 2.46. The van der Waals surface area contributed by atoms with Gasteiger partial charge < -0.3 is 15.0 Å². The number of aromatic amines is 1. The van der Waals surface area contributed by atoms with Crippen molar-refractivity contribution in [2.45, 2.75) is 43.8 Å². The number of pyridine rings is 1. The number of nitrogens with one attached hydrogen (secondary N) is 1. The summed E-state index contributed by atoms with van der Waals surface area (Å²) in [5, 5.41) is 9.37. The molecule has 3 rings (SSSR count). The van der Waals surface area contributed by atoms with E-state index in [-0.39, 0.29) is 29.6 Å². The Morgan fingerprint density at radius 2 is 1.81 bits per heavy atom. The van der Waals surface area contributed by atoms with Gasteiger partial charge in [-0.2, -0.15) is 26.3 Å². The molecule has 0 spiro atoms. The molecule has 10 heteroatoms. The molecule has 2 atom stereocenters. The Kier molecular flexibility index (Phi) is 4.87. The molecule has 1 saturated heterocycles. The van der Waals surface area contributed by atoms with Crippen molar-refractivity contribution in [3.05, 3.63) is 40.2 Å². The predicted molar refractivity (Wildman–Crippen MR) is 86.6 cm³/mol. The summed E-state index contributed by atoms with van der Waals surface area (Å²) in [5.41, 5.74) is -2.02. The third-order valence-corrected chi connectivity index (χ3v) is 4.71. The minimum atomic E-state index is -4.83. The number of rotatable bonds is 2. The third-order valence-electron chi connectivity index (χ3n) is 4.71. The molecule has 1 aromatic carbocycles. The number of benzene rings is 1. The maximum atomic E-state index is 13.3. The number of piperidine rings is 1. The topological polar surface area (TPSA) is 56.3 Å². The molecule has 1 fully saturated rings. The quantitative estimate of drug-likeness (QED) is 0.762. The molecule has 0 unspecified atom stereocenters. The van der Waals surface area contributed by atoms with Crippen LogP contribution >= 0.6 is 0 Å². The number of H-pyrrole nitrogens is 1. The SMILES string of the molecule is O=c1cc(C(F)(F)F)c2cc(N3CCCC[C@H]3[C@H](O)C(F)(F)F)ccc2[nH]1. The third kappa shape index (κ3) is 3.90. The van der Waals surface area contributed by atoms with E-state index in [1.54, 1.807) is 0 Å². The molecule has 1 aromatic heterocycles.